The number of rotatable bonds is 2. The molecular weight excluding hydrogens is 391 g/mol. The molecule has 2 aromatic carbocycles. The summed E-state index contributed by atoms with van der Waals surface area (Å²) >= 11 is 3.39. The fraction of sp³-hybridized carbons (Fsp3) is 0.0833. The van der Waals surface area contributed by atoms with Gasteiger partial charge in [-0.25, -0.2) is 8.42 Å². The molecule has 3 nitrogen and oxygen atoms in total. The molecule has 0 aliphatic carbocycles. The number of benzene rings is 2. The first-order valence-electron chi connectivity index (χ1n) is 4.59. The van der Waals surface area contributed by atoms with Gasteiger partial charge in [0.1, 0.15) is 10.0 Å². The molecule has 0 fully saturated rings. The van der Waals surface area contributed by atoms with Crippen LogP contribution in [0.5, 0.6) is 0 Å². The Balaban J connectivity index is 0.00000144. The second kappa shape index (κ2) is 7.10. The number of halogens is 1. The van der Waals surface area contributed by atoms with E-state index in [0.717, 1.165) is 9.86 Å². The van der Waals surface area contributed by atoms with Crippen LogP contribution < -0.4 is 0 Å². The van der Waals surface area contributed by atoms with Crippen molar-refractivity contribution in [1.82, 2.24) is 0 Å². The van der Waals surface area contributed by atoms with Crippen molar-refractivity contribution in [3.63, 3.8) is 0 Å². The van der Waals surface area contributed by atoms with Crippen molar-refractivity contribution in [2.24, 2.45) is 0 Å². The Morgan fingerprint density at radius 3 is 2.17 bits per heavy atom. The molecule has 0 N–H and O–H groups in total. The molecule has 0 amide bonds. The zero-order valence-electron chi connectivity index (χ0n) is 10.1. The van der Waals surface area contributed by atoms with E-state index in [9.17, 15) is 8.42 Å². The summed E-state index contributed by atoms with van der Waals surface area (Å²) in [6.07, 6.45) is 0. The molecule has 6 heteroatoms. The first-order chi connectivity index (χ1) is 7.56. The van der Waals surface area contributed by atoms with Gasteiger partial charge in [-0.15, -0.1) is 0 Å². The summed E-state index contributed by atoms with van der Waals surface area (Å²) in [5, 5.41) is 1.55. The number of nitrogens with zero attached hydrogens (tertiary/aromatic N) is 1. The fourth-order valence-corrected chi connectivity index (χ4v) is 2.93. The number of hydrogen-bond acceptors (Lipinski definition) is 2. The van der Waals surface area contributed by atoms with E-state index in [1.54, 1.807) is 18.2 Å². The van der Waals surface area contributed by atoms with Gasteiger partial charge in [0.15, 0.2) is 0 Å². The second-order valence-electron chi connectivity index (χ2n) is 3.25. The number of sulfonamides is 1. The maximum Gasteiger partial charge on any atom is 0.101 e. The Morgan fingerprint density at radius 2 is 1.61 bits per heavy atom. The maximum atomic E-state index is 11.7. The largest absolute Gasteiger partial charge is 0.547 e. The molecule has 2 rings (SSSR count). The van der Waals surface area contributed by atoms with Crippen LogP contribution in [0.3, 0.4) is 0 Å². The van der Waals surface area contributed by atoms with Gasteiger partial charge in [0.25, 0.3) is 0 Å². The molecule has 0 aromatic heterocycles. The standard InChI is InChI=1S/C11H9BrNO2S.CH3.Y/c1-13-16(14,15)11-7-6-10(12)8-4-2-3-5-9(8)11;;/h2-7H,1H3;1H3;/q2*-1;. The molecule has 0 aliphatic rings. The van der Waals surface area contributed by atoms with Crippen molar-refractivity contribution >= 4 is 36.7 Å². The average molecular weight is 403 g/mol. The van der Waals surface area contributed by atoms with Crippen molar-refractivity contribution < 1.29 is 41.1 Å². The Morgan fingerprint density at radius 1 is 1.06 bits per heavy atom. The zero-order valence-corrected chi connectivity index (χ0v) is 15.3. The predicted molar refractivity (Wildman–Crippen MR) is 74.5 cm³/mol. The summed E-state index contributed by atoms with van der Waals surface area (Å²) in [5.41, 5.74) is 0. The van der Waals surface area contributed by atoms with Crippen LogP contribution >= 0.6 is 15.9 Å². The summed E-state index contributed by atoms with van der Waals surface area (Å²) < 4.78 is 27.8. The second-order valence-corrected chi connectivity index (χ2v) is 5.86. The molecule has 0 saturated carbocycles. The van der Waals surface area contributed by atoms with E-state index in [4.69, 9.17) is 0 Å². The first-order valence-corrected chi connectivity index (χ1v) is 6.83. The monoisotopic (exact) mass is 402 g/mol. The molecule has 0 saturated heterocycles. The minimum Gasteiger partial charge on any atom is -0.547 e. The van der Waals surface area contributed by atoms with Gasteiger partial charge in [-0.3, -0.25) is 0 Å². The summed E-state index contributed by atoms with van der Waals surface area (Å²) in [6.45, 7) is 0. The van der Waals surface area contributed by atoms with Crippen molar-refractivity contribution in [3.8, 4) is 0 Å². The molecule has 0 aliphatic heterocycles. The minimum atomic E-state index is -3.54. The summed E-state index contributed by atoms with van der Waals surface area (Å²) in [7, 11) is -2.25. The van der Waals surface area contributed by atoms with E-state index in [1.165, 1.54) is 7.05 Å². The first kappa shape index (κ1) is 18.2. The number of hydrogen-bond donors (Lipinski definition) is 0. The van der Waals surface area contributed by atoms with Crippen molar-refractivity contribution in [2.45, 2.75) is 4.90 Å². The van der Waals surface area contributed by atoms with Gasteiger partial charge in [-0.1, -0.05) is 40.2 Å². The van der Waals surface area contributed by atoms with Gasteiger partial charge < -0.3 is 12.1 Å². The Bertz CT molecular complexity index is 644. The van der Waals surface area contributed by atoms with Gasteiger partial charge in [0.2, 0.25) is 0 Å². The van der Waals surface area contributed by atoms with Gasteiger partial charge in [-0.2, -0.15) is 7.05 Å². The summed E-state index contributed by atoms with van der Waals surface area (Å²) in [6, 6.07) is 10.6. The third kappa shape index (κ3) is 3.39. The van der Waals surface area contributed by atoms with Crippen LogP contribution in [0.4, 0.5) is 0 Å². The molecule has 0 unspecified atom stereocenters. The van der Waals surface area contributed by atoms with E-state index < -0.39 is 10.0 Å². The van der Waals surface area contributed by atoms with E-state index in [2.05, 4.69) is 20.7 Å². The van der Waals surface area contributed by atoms with Crippen LogP contribution in [0.15, 0.2) is 45.8 Å². The Kier molecular flexibility index (Phi) is 7.18. The molecule has 2 aromatic rings. The van der Waals surface area contributed by atoms with Crippen LogP contribution in [0.1, 0.15) is 0 Å². The fourth-order valence-electron chi connectivity index (χ4n) is 1.56. The van der Waals surface area contributed by atoms with E-state index >= 15 is 0 Å². The summed E-state index contributed by atoms with van der Waals surface area (Å²) in [4.78, 5) is 0.244. The summed E-state index contributed by atoms with van der Waals surface area (Å²) in [5.74, 6) is 0. The van der Waals surface area contributed by atoms with Gasteiger partial charge in [-0.05, 0) is 22.9 Å². The minimum absolute atomic E-state index is 0. The molecule has 95 valence electrons. The molecule has 0 spiro atoms. The van der Waals surface area contributed by atoms with Crippen LogP contribution in [0.25, 0.3) is 15.5 Å². The number of fused-ring (bicyclic) bond motifs is 1. The smallest absolute Gasteiger partial charge is 0.101 e. The van der Waals surface area contributed by atoms with Gasteiger partial charge in [0, 0.05) is 37.2 Å². The van der Waals surface area contributed by atoms with Gasteiger partial charge in [0.05, 0.1) is 4.90 Å². The molecule has 1 radical (unpaired) electrons. The molecule has 0 atom stereocenters. The van der Waals surface area contributed by atoms with Crippen LogP contribution in [0.2, 0.25) is 0 Å². The van der Waals surface area contributed by atoms with E-state index in [1.807, 2.05) is 18.2 Å². The van der Waals surface area contributed by atoms with E-state index in [0.29, 0.717) is 5.39 Å². The van der Waals surface area contributed by atoms with Crippen molar-refractivity contribution in [3.05, 3.63) is 53.0 Å². The SMILES string of the molecule is C[N-]S(=O)(=O)c1ccc(Br)c2ccccc12.[CH3-].[Y]. The van der Waals surface area contributed by atoms with Crippen LogP contribution in [-0.4, -0.2) is 15.5 Å². The maximum absolute atomic E-state index is 11.7. The zero-order chi connectivity index (χ0) is 11.8. The van der Waals surface area contributed by atoms with Crippen LogP contribution in [-0.2, 0) is 42.7 Å². The van der Waals surface area contributed by atoms with E-state index in [-0.39, 0.29) is 45.0 Å². The molecular formula is C12H12BrNO2SY-2. The Labute approximate surface area is 141 Å². The Hall–Kier alpha value is 0.194. The van der Waals surface area contributed by atoms with Crippen molar-refractivity contribution in [2.75, 3.05) is 7.05 Å². The normalized spacial score (nSPS) is 10.6. The molecule has 18 heavy (non-hydrogen) atoms. The third-order valence-electron chi connectivity index (χ3n) is 2.35. The molecule has 0 heterocycles. The predicted octanol–water partition coefficient (Wildman–Crippen LogP) is 3.74. The van der Waals surface area contributed by atoms with Crippen LogP contribution in [0, 0.1) is 7.43 Å². The molecule has 0 bridgehead atoms. The van der Waals surface area contributed by atoms with Crippen molar-refractivity contribution in [1.29, 1.82) is 0 Å². The van der Waals surface area contributed by atoms with Gasteiger partial charge >= 0.3 is 0 Å². The third-order valence-corrected chi connectivity index (χ3v) is 4.43. The topological polar surface area (TPSA) is 48.2 Å². The average Bonchev–Trinajstić information content (AvgIpc) is 2.29. The quantitative estimate of drug-likeness (QED) is 0.718.